The fourth-order valence-electron chi connectivity index (χ4n) is 1.02. The van der Waals surface area contributed by atoms with Gasteiger partial charge in [0.15, 0.2) is 5.01 Å². The molecule has 0 atom stereocenters. The standard InChI is InChI=1S/C8H8N4O2S2/c1-16(13,14)12-8-11-10-7(15-8)6-4-2-3-5-9-6/h2-5H,1H3,(H,11,12). The number of sulfonamides is 1. The molecule has 0 aliphatic heterocycles. The van der Waals surface area contributed by atoms with Crippen LogP contribution in [0.15, 0.2) is 24.4 Å². The molecule has 0 aromatic carbocycles. The molecule has 2 aromatic rings. The highest BCUT2D eigenvalue weighted by atomic mass is 32.2. The maximum absolute atomic E-state index is 11.0. The Morgan fingerprint density at radius 2 is 2.12 bits per heavy atom. The summed E-state index contributed by atoms with van der Waals surface area (Å²) in [7, 11) is -3.31. The Labute approximate surface area is 96.4 Å². The average Bonchev–Trinajstić information content (AvgIpc) is 2.65. The van der Waals surface area contributed by atoms with Crippen LogP contribution in [0.3, 0.4) is 0 Å². The molecule has 6 nitrogen and oxygen atoms in total. The fourth-order valence-corrected chi connectivity index (χ4v) is 2.57. The van der Waals surface area contributed by atoms with Crippen LogP contribution in [-0.4, -0.2) is 29.9 Å². The van der Waals surface area contributed by atoms with Crippen molar-refractivity contribution in [3.05, 3.63) is 24.4 Å². The van der Waals surface area contributed by atoms with Gasteiger partial charge in [-0.3, -0.25) is 9.71 Å². The first kappa shape index (κ1) is 11.0. The maximum Gasteiger partial charge on any atom is 0.231 e. The lowest BCUT2D eigenvalue weighted by molar-refractivity contribution is 0.606. The first-order valence-electron chi connectivity index (χ1n) is 4.27. The minimum Gasteiger partial charge on any atom is -0.257 e. The highest BCUT2D eigenvalue weighted by Gasteiger charge is 2.10. The minimum atomic E-state index is -3.31. The van der Waals surface area contributed by atoms with Gasteiger partial charge in [-0.1, -0.05) is 17.4 Å². The van der Waals surface area contributed by atoms with Crippen LogP contribution in [-0.2, 0) is 10.0 Å². The highest BCUT2D eigenvalue weighted by Crippen LogP contribution is 2.24. The summed E-state index contributed by atoms with van der Waals surface area (Å²) in [6.45, 7) is 0. The second-order valence-electron chi connectivity index (χ2n) is 3.00. The number of aromatic nitrogens is 3. The zero-order valence-electron chi connectivity index (χ0n) is 8.28. The zero-order chi connectivity index (χ0) is 11.6. The van der Waals surface area contributed by atoms with Gasteiger partial charge in [-0.25, -0.2) is 8.42 Å². The summed E-state index contributed by atoms with van der Waals surface area (Å²) in [5.41, 5.74) is 0.668. The van der Waals surface area contributed by atoms with E-state index >= 15 is 0 Å². The molecule has 0 saturated carbocycles. The van der Waals surface area contributed by atoms with E-state index in [0.29, 0.717) is 10.7 Å². The molecule has 0 spiro atoms. The third-order valence-electron chi connectivity index (χ3n) is 1.58. The Hall–Kier alpha value is -1.54. The topological polar surface area (TPSA) is 84.8 Å². The van der Waals surface area contributed by atoms with E-state index in [-0.39, 0.29) is 5.13 Å². The molecule has 0 bridgehead atoms. The van der Waals surface area contributed by atoms with Crippen molar-refractivity contribution in [1.82, 2.24) is 15.2 Å². The molecule has 16 heavy (non-hydrogen) atoms. The summed E-state index contributed by atoms with van der Waals surface area (Å²) < 4.78 is 24.2. The van der Waals surface area contributed by atoms with Gasteiger partial charge in [0.2, 0.25) is 15.2 Å². The van der Waals surface area contributed by atoms with Crippen molar-refractivity contribution in [1.29, 1.82) is 0 Å². The molecule has 0 aliphatic rings. The number of nitrogens with zero attached hydrogens (tertiary/aromatic N) is 3. The van der Waals surface area contributed by atoms with Gasteiger partial charge in [-0.2, -0.15) is 0 Å². The molecule has 2 heterocycles. The van der Waals surface area contributed by atoms with E-state index in [9.17, 15) is 8.42 Å². The SMILES string of the molecule is CS(=O)(=O)Nc1nnc(-c2ccccn2)s1. The van der Waals surface area contributed by atoms with Gasteiger partial charge >= 0.3 is 0 Å². The van der Waals surface area contributed by atoms with E-state index in [1.165, 1.54) is 0 Å². The Morgan fingerprint density at radius 1 is 1.31 bits per heavy atom. The smallest absolute Gasteiger partial charge is 0.231 e. The number of hydrogen-bond acceptors (Lipinski definition) is 6. The van der Waals surface area contributed by atoms with Crippen molar-refractivity contribution >= 4 is 26.5 Å². The van der Waals surface area contributed by atoms with Crippen LogP contribution in [0.1, 0.15) is 0 Å². The summed E-state index contributed by atoms with van der Waals surface area (Å²) >= 11 is 1.14. The molecule has 2 aromatic heterocycles. The van der Waals surface area contributed by atoms with Crippen LogP contribution in [0.4, 0.5) is 5.13 Å². The van der Waals surface area contributed by atoms with Crippen LogP contribution < -0.4 is 4.72 Å². The molecule has 0 fully saturated rings. The van der Waals surface area contributed by atoms with Crippen LogP contribution in [0.2, 0.25) is 0 Å². The predicted molar refractivity (Wildman–Crippen MR) is 61.6 cm³/mol. The molecular formula is C8H8N4O2S2. The second-order valence-corrected chi connectivity index (χ2v) is 5.73. The first-order chi connectivity index (χ1) is 7.54. The lowest BCUT2D eigenvalue weighted by Gasteiger charge is -1.95. The quantitative estimate of drug-likeness (QED) is 0.884. The van der Waals surface area contributed by atoms with E-state index in [1.54, 1.807) is 18.3 Å². The Kier molecular flexibility index (Phi) is 2.84. The van der Waals surface area contributed by atoms with E-state index in [0.717, 1.165) is 17.6 Å². The van der Waals surface area contributed by atoms with Gasteiger partial charge < -0.3 is 0 Å². The fraction of sp³-hybridized carbons (Fsp3) is 0.125. The van der Waals surface area contributed by atoms with Gasteiger partial charge in [-0.15, -0.1) is 10.2 Å². The van der Waals surface area contributed by atoms with Crippen molar-refractivity contribution in [2.24, 2.45) is 0 Å². The number of pyridine rings is 1. The summed E-state index contributed by atoms with van der Waals surface area (Å²) in [5.74, 6) is 0. The van der Waals surface area contributed by atoms with Crippen molar-refractivity contribution in [2.75, 3.05) is 11.0 Å². The second kappa shape index (κ2) is 4.14. The van der Waals surface area contributed by atoms with Gasteiger partial charge in [0.05, 0.1) is 6.26 Å². The van der Waals surface area contributed by atoms with Gasteiger partial charge in [0.25, 0.3) is 0 Å². The van der Waals surface area contributed by atoms with E-state index in [2.05, 4.69) is 19.9 Å². The molecule has 0 aliphatic carbocycles. The lowest BCUT2D eigenvalue weighted by atomic mass is 10.4. The van der Waals surface area contributed by atoms with Crippen molar-refractivity contribution in [2.45, 2.75) is 0 Å². The molecule has 84 valence electrons. The largest absolute Gasteiger partial charge is 0.257 e. The van der Waals surface area contributed by atoms with Crippen LogP contribution in [0, 0.1) is 0 Å². The first-order valence-corrected chi connectivity index (χ1v) is 6.98. The predicted octanol–water partition coefficient (Wildman–Crippen LogP) is 0.972. The van der Waals surface area contributed by atoms with Crippen LogP contribution in [0.5, 0.6) is 0 Å². The molecule has 2 rings (SSSR count). The minimum absolute atomic E-state index is 0.239. The third kappa shape index (κ3) is 2.74. The van der Waals surface area contributed by atoms with Crippen molar-refractivity contribution in [3.8, 4) is 10.7 Å². The van der Waals surface area contributed by atoms with E-state index in [1.807, 2.05) is 6.07 Å². The van der Waals surface area contributed by atoms with Gasteiger partial charge in [-0.05, 0) is 12.1 Å². The Morgan fingerprint density at radius 3 is 2.75 bits per heavy atom. The summed E-state index contributed by atoms with van der Waals surface area (Å²) in [6, 6.07) is 5.40. The summed E-state index contributed by atoms with van der Waals surface area (Å²) in [5, 5.41) is 8.38. The number of hydrogen-bond donors (Lipinski definition) is 1. The highest BCUT2D eigenvalue weighted by molar-refractivity contribution is 7.92. The molecule has 1 N–H and O–H groups in total. The molecule has 0 unspecified atom stereocenters. The lowest BCUT2D eigenvalue weighted by Crippen LogP contribution is -2.08. The molecule has 0 amide bonds. The summed E-state index contributed by atoms with van der Waals surface area (Å²) in [4.78, 5) is 4.09. The van der Waals surface area contributed by atoms with Crippen molar-refractivity contribution < 1.29 is 8.42 Å². The monoisotopic (exact) mass is 256 g/mol. The number of rotatable bonds is 3. The maximum atomic E-state index is 11.0. The normalized spacial score (nSPS) is 11.3. The van der Waals surface area contributed by atoms with Gasteiger partial charge in [0.1, 0.15) is 5.69 Å². The number of nitrogens with one attached hydrogen (secondary N) is 1. The van der Waals surface area contributed by atoms with E-state index < -0.39 is 10.0 Å². The summed E-state index contributed by atoms with van der Waals surface area (Å²) in [6.07, 6.45) is 2.70. The van der Waals surface area contributed by atoms with Crippen LogP contribution in [0.25, 0.3) is 10.7 Å². The third-order valence-corrected chi connectivity index (χ3v) is 3.14. The van der Waals surface area contributed by atoms with Crippen molar-refractivity contribution in [3.63, 3.8) is 0 Å². The Bertz CT molecular complexity index is 579. The molecule has 0 radical (unpaired) electrons. The molecular weight excluding hydrogens is 248 g/mol. The molecule has 8 heteroatoms. The van der Waals surface area contributed by atoms with Gasteiger partial charge in [0, 0.05) is 6.20 Å². The number of anilines is 1. The molecule has 0 saturated heterocycles. The Balaban J connectivity index is 2.27. The average molecular weight is 256 g/mol. The van der Waals surface area contributed by atoms with E-state index in [4.69, 9.17) is 0 Å². The zero-order valence-corrected chi connectivity index (χ0v) is 9.92. The van der Waals surface area contributed by atoms with Crippen LogP contribution >= 0.6 is 11.3 Å².